The maximum absolute atomic E-state index is 13.6. The maximum Gasteiger partial charge on any atom is 0.304 e. The molecule has 0 spiro atoms. The monoisotopic (exact) mass is 334 g/mol. The van der Waals surface area contributed by atoms with Crippen LogP contribution in [-0.2, 0) is 4.79 Å². The first kappa shape index (κ1) is 18.3. The third kappa shape index (κ3) is 4.38. The highest BCUT2D eigenvalue weighted by Gasteiger charge is 2.26. The molecule has 1 N–H and O–H groups in total. The van der Waals surface area contributed by atoms with E-state index in [2.05, 4.69) is 0 Å². The van der Waals surface area contributed by atoms with E-state index in [1.807, 2.05) is 4.90 Å². The second-order valence-corrected chi connectivity index (χ2v) is 4.87. The van der Waals surface area contributed by atoms with Gasteiger partial charge in [0.1, 0.15) is 17.2 Å². The number of hydrogen-bond donors (Lipinski definition) is 1. The summed E-state index contributed by atoms with van der Waals surface area (Å²) in [6.45, 7) is 2.05. The first-order chi connectivity index (χ1) is 9.99. The lowest BCUT2D eigenvalue weighted by atomic mass is 10.1. The van der Waals surface area contributed by atoms with Gasteiger partial charge < -0.3 is 10.0 Å². The van der Waals surface area contributed by atoms with Gasteiger partial charge in [-0.3, -0.25) is 14.5 Å². The molecule has 0 saturated carbocycles. The number of hydrogen-bond acceptors (Lipinski definition) is 3. The Morgan fingerprint density at radius 3 is 2.14 bits per heavy atom. The van der Waals surface area contributed by atoms with Crippen molar-refractivity contribution in [3.63, 3.8) is 0 Å². The lowest BCUT2D eigenvalue weighted by Crippen LogP contribution is -2.49. The second-order valence-electron chi connectivity index (χ2n) is 4.87. The van der Waals surface area contributed by atoms with Crippen LogP contribution in [0.15, 0.2) is 18.2 Å². The van der Waals surface area contributed by atoms with Crippen LogP contribution in [0.3, 0.4) is 0 Å². The van der Waals surface area contributed by atoms with Gasteiger partial charge in [0, 0.05) is 32.7 Å². The van der Waals surface area contributed by atoms with Gasteiger partial charge in [0.25, 0.3) is 5.91 Å². The fraction of sp³-hybridized carbons (Fsp3) is 0.429. The van der Waals surface area contributed by atoms with E-state index >= 15 is 0 Å². The first-order valence-electron chi connectivity index (χ1n) is 6.66. The molecule has 0 aromatic heterocycles. The van der Waals surface area contributed by atoms with Gasteiger partial charge in [-0.25, -0.2) is 8.78 Å². The molecule has 22 heavy (non-hydrogen) atoms. The van der Waals surface area contributed by atoms with Crippen LogP contribution in [0.2, 0.25) is 0 Å². The van der Waals surface area contributed by atoms with Gasteiger partial charge >= 0.3 is 5.97 Å². The summed E-state index contributed by atoms with van der Waals surface area (Å²) in [5.74, 6) is -3.27. The molecular weight excluding hydrogens is 318 g/mol. The zero-order valence-corrected chi connectivity index (χ0v) is 12.6. The SMILES string of the molecule is Cl.O=C(O)CCN1CCN(C(=O)c2c(F)cccc2F)CC1. The lowest BCUT2D eigenvalue weighted by molar-refractivity contribution is -0.137. The van der Waals surface area contributed by atoms with Gasteiger partial charge in [0.2, 0.25) is 0 Å². The number of carbonyl (C=O) groups excluding carboxylic acids is 1. The summed E-state index contributed by atoms with van der Waals surface area (Å²) < 4.78 is 27.2. The highest BCUT2D eigenvalue weighted by atomic mass is 35.5. The first-order valence-corrected chi connectivity index (χ1v) is 6.66. The summed E-state index contributed by atoms with van der Waals surface area (Å²) in [7, 11) is 0. The number of carboxylic acid groups (broad SMARTS) is 1. The number of carbonyl (C=O) groups is 2. The van der Waals surface area contributed by atoms with Crippen molar-refractivity contribution >= 4 is 24.3 Å². The fourth-order valence-corrected chi connectivity index (χ4v) is 2.29. The Labute approximate surface area is 132 Å². The van der Waals surface area contributed by atoms with E-state index in [-0.39, 0.29) is 18.8 Å². The Hall–Kier alpha value is -1.73. The topological polar surface area (TPSA) is 60.9 Å². The van der Waals surface area contributed by atoms with Gasteiger partial charge in [-0.15, -0.1) is 12.4 Å². The van der Waals surface area contributed by atoms with E-state index in [4.69, 9.17) is 5.11 Å². The second kappa shape index (κ2) is 8.05. The Balaban J connectivity index is 0.00000242. The number of carboxylic acids is 1. The molecule has 8 heteroatoms. The number of piperazine rings is 1. The Kier molecular flexibility index (Phi) is 6.70. The molecular formula is C14H17ClF2N2O3. The number of benzene rings is 1. The van der Waals surface area contributed by atoms with Crippen molar-refractivity contribution in [1.82, 2.24) is 9.80 Å². The molecule has 1 heterocycles. The molecule has 0 unspecified atom stereocenters. The lowest BCUT2D eigenvalue weighted by Gasteiger charge is -2.34. The molecule has 5 nitrogen and oxygen atoms in total. The van der Waals surface area contributed by atoms with E-state index in [1.165, 1.54) is 11.0 Å². The number of nitrogens with zero attached hydrogens (tertiary/aromatic N) is 2. The minimum atomic E-state index is -0.873. The zero-order chi connectivity index (χ0) is 15.4. The van der Waals surface area contributed by atoms with Crippen molar-refractivity contribution in [3.05, 3.63) is 35.4 Å². The Morgan fingerprint density at radius 2 is 1.64 bits per heavy atom. The molecule has 1 aliphatic heterocycles. The van der Waals surface area contributed by atoms with Crippen molar-refractivity contribution in [2.75, 3.05) is 32.7 Å². The van der Waals surface area contributed by atoms with E-state index in [1.54, 1.807) is 0 Å². The molecule has 1 amide bonds. The van der Waals surface area contributed by atoms with Crippen molar-refractivity contribution in [3.8, 4) is 0 Å². The van der Waals surface area contributed by atoms with E-state index in [0.717, 1.165) is 12.1 Å². The molecule has 122 valence electrons. The molecule has 1 aliphatic rings. The quantitative estimate of drug-likeness (QED) is 0.909. The van der Waals surface area contributed by atoms with Crippen LogP contribution in [-0.4, -0.2) is 59.5 Å². The molecule has 2 rings (SSSR count). The standard InChI is InChI=1S/C14H16F2N2O3.ClH/c15-10-2-1-3-11(16)13(10)14(21)18-8-6-17(7-9-18)5-4-12(19)20;/h1-3H,4-9H2,(H,19,20);1H. The van der Waals surface area contributed by atoms with Crippen molar-refractivity contribution in [2.24, 2.45) is 0 Å². The van der Waals surface area contributed by atoms with Crippen molar-refractivity contribution < 1.29 is 23.5 Å². The summed E-state index contributed by atoms with van der Waals surface area (Å²) in [4.78, 5) is 25.9. The van der Waals surface area contributed by atoms with E-state index in [9.17, 15) is 18.4 Å². The largest absolute Gasteiger partial charge is 0.481 e. The average molecular weight is 335 g/mol. The van der Waals surface area contributed by atoms with Gasteiger partial charge in [0.15, 0.2) is 0 Å². The normalized spacial score (nSPS) is 15.3. The minimum Gasteiger partial charge on any atom is -0.481 e. The summed E-state index contributed by atoms with van der Waals surface area (Å²) in [5, 5.41) is 8.62. The van der Waals surface area contributed by atoms with E-state index < -0.39 is 29.1 Å². The van der Waals surface area contributed by atoms with Crippen LogP contribution in [0, 0.1) is 11.6 Å². The zero-order valence-electron chi connectivity index (χ0n) is 11.8. The van der Waals surface area contributed by atoms with Gasteiger partial charge in [-0.2, -0.15) is 0 Å². The van der Waals surface area contributed by atoms with Crippen LogP contribution in [0.4, 0.5) is 8.78 Å². The third-order valence-electron chi connectivity index (χ3n) is 3.48. The summed E-state index contributed by atoms with van der Waals surface area (Å²) in [6.07, 6.45) is 0.0376. The molecule has 0 bridgehead atoms. The Morgan fingerprint density at radius 1 is 1.09 bits per heavy atom. The number of aliphatic carboxylic acids is 1. The molecule has 0 atom stereocenters. The summed E-state index contributed by atoms with van der Waals surface area (Å²) >= 11 is 0. The van der Waals surface area contributed by atoms with Crippen molar-refractivity contribution in [1.29, 1.82) is 0 Å². The predicted molar refractivity (Wildman–Crippen MR) is 78.2 cm³/mol. The molecule has 1 aromatic rings. The van der Waals surface area contributed by atoms with Crippen molar-refractivity contribution in [2.45, 2.75) is 6.42 Å². The number of halogens is 3. The molecule has 0 radical (unpaired) electrons. The molecule has 1 fully saturated rings. The van der Waals surface area contributed by atoms with Crippen LogP contribution in [0.1, 0.15) is 16.8 Å². The van der Waals surface area contributed by atoms with Gasteiger partial charge in [-0.1, -0.05) is 6.07 Å². The maximum atomic E-state index is 13.6. The van der Waals surface area contributed by atoms with Crippen LogP contribution < -0.4 is 0 Å². The highest BCUT2D eigenvalue weighted by molar-refractivity contribution is 5.94. The molecule has 1 saturated heterocycles. The smallest absolute Gasteiger partial charge is 0.304 e. The third-order valence-corrected chi connectivity index (χ3v) is 3.48. The highest BCUT2D eigenvalue weighted by Crippen LogP contribution is 2.16. The van der Waals surface area contributed by atoms with Crippen LogP contribution in [0.5, 0.6) is 0 Å². The van der Waals surface area contributed by atoms with Gasteiger partial charge in [0.05, 0.1) is 6.42 Å². The van der Waals surface area contributed by atoms with E-state index in [0.29, 0.717) is 32.7 Å². The fourth-order valence-electron chi connectivity index (χ4n) is 2.29. The Bertz CT molecular complexity index is 529. The van der Waals surface area contributed by atoms with Crippen LogP contribution >= 0.6 is 12.4 Å². The molecule has 0 aliphatic carbocycles. The predicted octanol–water partition coefficient (Wildman–Crippen LogP) is 1.62. The average Bonchev–Trinajstić information content (AvgIpc) is 2.45. The molecule has 1 aromatic carbocycles. The summed E-state index contributed by atoms with van der Waals surface area (Å²) in [6, 6.07) is 3.32. The summed E-state index contributed by atoms with van der Waals surface area (Å²) in [5.41, 5.74) is -0.531. The van der Waals surface area contributed by atoms with Crippen LogP contribution in [0.25, 0.3) is 0 Å². The number of rotatable bonds is 4. The number of amides is 1. The van der Waals surface area contributed by atoms with Gasteiger partial charge in [-0.05, 0) is 12.1 Å². The minimum absolute atomic E-state index is 0.